The van der Waals surface area contributed by atoms with Crippen LogP contribution in [-0.4, -0.2) is 26.1 Å². The van der Waals surface area contributed by atoms with Gasteiger partial charge in [0.05, 0.1) is 5.69 Å². The molecule has 0 aliphatic heterocycles. The van der Waals surface area contributed by atoms with Gasteiger partial charge in [0.1, 0.15) is 6.33 Å². The molecule has 2 rings (SSSR count). The van der Waals surface area contributed by atoms with Gasteiger partial charge in [-0.1, -0.05) is 11.6 Å². The van der Waals surface area contributed by atoms with Crippen molar-refractivity contribution in [3.63, 3.8) is 0 Å². The minimum absolute atomic E-state index is 0.104. The summed E-state index contributed by atoms with van der Waals surface area (Å²) in [7, 11) is 0. The van der Waals surface area contributed by atoms with E-state index in [9.17, 15) is 4.79 Å². The molecular formula is C10H10ClN5O. The van der Waals surface area contributed by atoms with Crippen molar-refractivity contribution in [1.29, 1.82) is 0 Å². The number of rotatable bonds is 3. The Morgan fingerprint density at radius 1 is 1.53 bits per heavy atom. The largest absolute Gasteiger partial charge is 0.352 e. The molecule has 0 aliphatic rings. The van der Waals surface area contributed by atoms with E-state index >= 15 is 0 Å². The Morgan fingerprint density at radius 2 is 2.35 bits per heavy atom. The van der Waals surface area contributed by atoms with Crippen molar-refractivity contribution in [2.75, 3.05) is 0 Å². The van der Waals surface area contributed by atoms with E-state index in [4.69, 9.17) is 11.6 Å². The fourth-order valence-electron chi connectivity index (χ4n) is 1.41. The Balaban J connectivity index is 2.34. The molecule has 1 amide bonds. The summed E-state index contributed by atoms with van der Waals surface area (Å²) >= 11 is 5.92. The van der Waals surface area contributed by atoms with Gasteiger partial charge in [0.2, 0.25) is 5.91 Å². The Bertz CT molecular complexity index is 525. The van der Waals surface area contributed by atoms with E-state index in [0.29, 0.717) is 11.6 Å². The molecule has 6 nitrogen and oxygen atoms in total. The van der Waals surface area contributed by atoms with Gasteiger partial charge in [0.25, 0.3) is 0 Å². The first-order chi connectivity index (χ1) is 8.16. The van der Waals surface area contributed by atoms with Gasteiger partial charge in [-0.05, 0) is 34.2 Å². The zero-order valence-electron chi connectivity index (χ0n) is 9.09. The molecule has 1 aromatic carbocycles. The van der Waals surface area contributed by atoms with Gasteiger partial charge in [0.15, 0.2) is 0 Å². The number of nitrogens with zero attached hydrogens (tertiary/aromatic N) is 4. The molecule has 0 atom stereocenters. The average molecular weight is 252 g/mol. The van der Waals surface area contributed by atoms with Crippen LogP contribution in [0.15, 0.2) is 24.5 Å². The summed E-state index contributed by atoms with van der Waals surface area (Å²) in [6.07, 6.45) is 1.49. The summed E-state index contributed by atoms with van der Waals surface area (Å²) in [5.74, 6) is -0.104. The van der Waals surface area contributed by atoms with Crippen LogP contribution in [0.1, 0.15) is 12.5 Å². The highest BCUT2D eigenvalue weighted by atomic mass is 35.5. The number of amides is 1. The highest BCUT2D eigenvalue weighted by Gasteiger charge is 2.07. The normalized spacial score (nSPS) is 10.2. The summed E-state index contributed by atoms with van der Waals surface area (Å²) in [6, 6.07) is 5.32. The van der Waals surface area contributed by atoms with Gasteiger partial charge in [-0.25, -0.2) is 4.68 Å². The molecule has 0 radical (unpaired) electrons. The molecule has 0 unspecified atom stereocenters. The smallest absolute Gasteiger partial charge is 0.217 e. The third-order valence-corrected chi connectivity index (χ3v) is 2.40. The Kier molecular flexibility index (Phi) is 3.34. The van der Waals surface area contributed by atoms with Crippen molar-refractivity contribution in [3.8, 4) is 5.69 Å². The van der Waals surface area contributed by atoms with Crippen LogP contribution in [0.4, 0.5) is 0 Å². The molecule has 0 bridgehead atoms. The van der Waals surface area contributed by atoms with Crippen LogP contribution < -0.4 is 5.32 Å². The predicted octanol–water partition coefficient (Wildman–Crippen LogP) is 0.952. The quantitative estimate of drug-likeness (QED) is 0.882. The second-order valence-electron chi connectivity index (χ2n) is 3.44. The van der Waals surface area contributed by atoms with Crippen molar-refractivity contribution in [2.24, 2.45) is 0 Å². The zero-order valence-corrected chi connectivity index (χ0v) is 9.85. The minimum atomic E-state index is -0.104. The van der Waals surface area contributed by atoms with E-state index in [1.807, 2.05) is 0 Å². The van der Waals surface area contributed by atoms with Crippen molar-refractivity contribution >= 4 is 17.5 Å². The van der Waals surface area contributed by atoms with Gasteiger partial charge < -0.3 is 5.32 Å². The van der Waals surface area contributed by atoms with Gasteiger partial charge in [-0.2, -0.15) is 0 Å². The fraction of sp³-hybridized carbons (Fsp3) is 0.200. The molecule has 7 heteroatoms. The first-order valence-corrected chi connectivity index (χ1v) is 5.31. The Hall–Kier alpha value is -1.95. The molecule has 2 aromatic rings. The molecule has 88 valence electrons. The first kappa shape index (κ1) is 11.5. The number of halogens is 1. The van der Waals surface area contributed by atoms with Crippen molar-refractivity contribution in [3.05, 3.63) is 35.1 Å². The summed E-state index contributed by atoms with van der Waals surface area (Å²) in [4.78, 5) is 10.9. The molecule has 1 heterocycles. The number of nitrogens with one attached hydrogen (secondary N) is 1. The summed E-state index contributed by atoms with van der Waals surface area (Å²) in [6.45, 7) is 1.84. The van der Waals surface area contributed by atoms with E-state index in [2.05, 4.69) is 20.8 Å². The number of benzene rings is 1. The molecular weight excluding hydrogens is 242 g/mol. The molecule has 1 aromatic heterocycles. The lowest BCUT2D eigenvalue weighted by atomic mass is 10.2. The van der Waals surface area contributed by atoms with Crippen molar-refractivity contribution in [2.45, 2.75) is 13.5 Å². The number of aromatic nitrogens is 4. The SMILES string of the molecule is CC(=O)NCc1cc(Cl)ccc1-n1cnnn1. The maximum atomic E-state index is 10.9. The molecule has 17 heavy (non-hydrogen) atoms. The Labute approximate surface area is 103 Å². The standard InChI is InChI=1S/C10H10ClN5O/c1-7(17)12-5-8-4-9(11)2-3-10(8)16-6-13-14-15-16/h2-4,6H,5H2,1H3,(H,12,17). The number of hydrogen-bond donors (Lipinski definition) is 1. The number of carbonyl (C=O) groups excluding carboxylic acids is 1. The summed E-state index contributed by atoms with van der Waals surface area (Å²) < 4.78 is 1.52. The van der Waals surface area contributed by atoms with Gasteiger partial charge in [-0.15, -0.1) is 5.10 Å². The van der Waals surface area contributed by atoms with E-state index in [0.717, 1.165) is 11.3 Å². The second-order valence-corrected chi connectivity index (χ2v) is 3.87. The maximum Gasteiger partial charge on any atom is 0.217 e. The van der Waals surface area contributed by atoms with Crippen LogP contribution in [-0.2, 0) is 11.3 Å². The van der Waals surface area contributed by atoms with Gasteiger partial charge >= 0.3 is 0 Å². The van der Waals surface area contributed by atoms with Crippen LogP contribution in [0.25, 0.3) is 5.69 Å². The molecule has 0 fully saturated rings. The molecule has 0 spiro atoms. The van der Waals surface area contributed by atoms with E-state index in [1.54, 1.807) is 18.2 Å². The lowest BCUT2D eigenvalue weighted by Gasteiger charge is -2.09. The molecule has 0 saturated heterocycles. The van der Waals surface area contributed by atoms with E-state index in [1.165, 1.54) is 17.9 Å². The van der Waals surface area contributed by atoms with Crippen molar-refractivity contribution < 1.29 is 4.79 Å². The predicted molar refractivity (Wildman–Crippen MR) is 61.7 cm³/mol. The minimum Gasteiger partial charge on any atom is -0.352 e. The van der Waals surface area contributed by atoms with Gasteiger partial charge in [-0.3, -0.25) is 4.79 Å². The third kappa shape index (κ3) is 2.79. The monoisotopic (exact) mass is 251 g/mol. The lowest BCUT2D eigenvalue weighted by molar-refractivity contribution is -0.119. The number of tetrazole rings is 1. The molecule has 0 aliphatic carbocycles. The topological polar surface area (TPSA) is 72.7 Å². The average Bonchev–Trinajstić information content (AvgIpc) is 2.80. The highest BCUT2D eigenvalue weighted by molar-refractivity contribution is 6.30. The molecule has 1 N–H and O–H groups in total. The van der Waals surface area contributed by atoms with Gasteiger partial charge in [0, 0.05) is 18.5 Å². The highest BCUT2D eigenvalue weighted by Crippen LogP contribution is 2.18. The Morgan fingerprint density at radius 3 is 3.00 bits per heavy atom. The maximum absolute atomic E-state index is 10.9. The number of carbonyl (C=O) groups is 1. The van der Waals surface area contributed by atoms with Crippen LogP contribution in [0.5, 0.6) is 0 Å². The van der Waals surface area contributed by atoms with Crippen molar-refractivity contribution in [1.82, 2.24) is 25.5 Å². The lowest BCUT2D eigenvalue weighted by Crippen LogP contribution is -2.20. The van der Waals surface area contributed by atoms with Crippen LogP contribution >= 0.6 is 11.6 Å². The van der Waals surface area contributed by atoms with E-state index in [-0.39, 0.29) is 5.91 Å². The zero-order chi connectivity index (χ0) is 12.3. The fourth-order valence-corrected chi connectivity index (χ4v) is 1.61. The first-order valence-electron chi connectivity index (χ1n) is 4.93. The van der Waals surface area contributed by atoms with Crippen LogP contribution in [0.2, 0.25) is 5.02 Å². The van der Waals surface area contributed by atoms with Crippen LogP contribution in [0.3, 0.4) is 0 Å². The van der Waals surface area contributed by atoms with Crippen LogP contribution in [0, 0.1) is 0 Å². The summed E-state index contributed by atoms with van der Waals surface area (Å²) in [5.41, 5.74) is 1.63. The summed E-state index contributed by atoms with van der Waals surface area (Å²) in [5, 5.41) is 14.3. The number of hydrogen-bond acceptors (Lipinski definition) is 4. The third-order valence-electron chi connectivity index (χ3n) is 2.17. The second kappa shape index (κ2) is 4.92. The molecule has 0 saturated carbocycles. The van der Waals surface area contributed by atoms with E-state index < -0.39 is 0 Å².